The number of aliphatic hydroxyl groups excluding tert-OH is 1. The minimum atomic E-state index is -1.58. The third kappa shape index (κ3) is 3.10. The van der Waals surface area contributed by atoms with Gasteiger partial charge in [-0.05, 0) is 33.6 Å². The minimum absolute atomic E-state index is 0.444. The van der Waals surface area contributed by atoms with E-state index < -0.39 is 29.3 Å². The summed E-state index contributed by atoms with van der Waals surface area (Å²) in [4.78, 5) is 22.0. The summed E-state index contributed by atoms with van der Waals surface area (Å²) in [5.74, 6) is -1.34. The van der Waals surface area contributed by atoms with Crippen LogP contribution in [0.5, 0.6) is 0 Å². The highest BCUT2D eigenvalue weighted by Gasteiger charge is 2.54. The first-order chi connectivity index (χ1) is 7.16. The summed E-state index contributed by atoms with van der Waals surface area (Å²) in [6.07, 6.45) is -1.40. The molecule has 0 spiro atoms. The lowest BCUT2D eigenvalue weighted by Gasteiger charge is -2.24. The number of amides is 1. The topological polar surface area (TPSA) is 95.9 Å². The number of aliphatic hydroxyl groups is 1. The van der Waals surface area contributed by atoms with Crippen LogP contribution in [-0.2, 0) is 9.53 Å². The van der Waals surface area contributed by atoms with Gasteiger partial charge in [0, 0.05) is 0 Å². The highest BCUT2D eigenvalue weighted by Crippen LogP contribution is 2.39. The molecule has 6 nitrogen and oxygen atoms in total. The van der Waals surface area contributed by atoms with E-state index in [4.69, 9.17) is 9.84 Å². The Hall–Kier alpha value is -1.30. The normalized spacial score (nSPS) is 19.8. The molecule has 1 aliphatic carbocycles. The largest absolute Gasteiger partial charge is 0.479 e. The van der Waals surface area contributed by atoms with Gasteiger partial charge in [0.05, 0.1) is 5.54 Å². The lowest BCUT2D eigenvalue weighted by atomic mass is 10.1. The van der Waals surface area contributed by atoms with E-state index in [-0.39, 0.29) is 0 Å². The first kappa shape index (κ1) is 12.8. The van der Waals surface area contributed by atoms with Crippen molar-refractivity contribution in [3.63, 3.8) is 0 Å². The van der Waals surface area contributed by atoms with Crippen LogP contribution < -0.4 is 5.32 Å². The van der Waals surface area contributed by atoms with Gasteiger partial charge in [-0.15, -0.1) is 0 Å². The van der Waals surface area contributed by atoms with E-state index in [1.807, 2.05) is 0 Å². The van der Waals surface area contributed by atoms with Crippen molar-refractivity contribution in [1.29, 1.82) is 0 Å². The van der Waals surface area contributed by atoms with E-state index in [0.717, 1.165) is 0 Å². The number of hydrogen-bond acceptors (Lipinski definition) is 4. The molecule has 1 atom stereocenters. The Balaban J connectivity index is 2.54. The molecule has 0 bridgehead atoms. The maximum atomic E-state index is 11.4. The first-order valence-corrected chi connectivity index (χ1v) is 5.08. The van der Waals surface area contributed by atoms with Gasteiger partial charge >= 0.3 is 12.1 Å². The summed E-state index contributed by atoms with van der Waals surface area (Å²) >= 11 is 0. The standard InChI is InChI=1S/C10H17NO5/c1-9(2,3)16-8(15)11-10(4-5-10)6(12)7(13)14/h6,12H,4-5H2,1-3H3,(H,11,15)(H,13,14). The fourth-order valence-electron chi connectivity index (χ4n) is 1.34. The highest BCUT2D eigenvalue weighted by atomic mass is 16.6. The van der Waals surface area contributed by atoms with E-state index in [2.05, 4.69) is 5.32 Å². The van der Waals surface area contributed by atoms with Gasteiger partial charge in [0.1, 0.15) is 5.60 Å². The smallest absolute Gasteiger partial charge is 0.408 e. The molecule has 0 heterocycles. The third-order valence-corrected chi connectivity index (χ3v) is 2.30. The Labute approximate surface area is 93.6 Å². The van der Waals surface area contributed by atoms with Gasteiger partial charge in [-0.2, -0.15) is 0 Å². The summed E-state index contributed by atoms with van der Waals surface area (Å²) in [6, 6.07) is 0. The predicted octanol–water partition coefficient (Wildman–Crippen LogP) is 0.489. The van der Waals surface area contributed by atoms with Crippen LogP contribution in [-0.4, -0.2) is 39.5 Å². The van der Waals surface area contributed by atoms with Gasteiger partial charge < -0.3 is 20.3 Å². The van der Waals surface area contributed by atoms with Crippen molar-refractivity contribution in [2.75, 3.05) is 0 Å². The van der Waals surface area contributed by atoms with Crippen molar-refractivity contribution >= 4 is 12.1 Å². The van der Waals surface area contributed by atoms with Crippen molar-refractivity contribution in [3.05, 3.63) is 0 Å². The maximum Gasteiger partial charge on any atom is 0.408 e. The zero-order valence-electron chi connectivity index (χ0n) is 9.61. The van der Waals surface area contributed by atoms with Crippen molar-refractivity contribution in [3.8, 4) is 0 Å². The van der Waals surface area contributed by atoms with Crippen molar-refractivity contribution in [2.24, 2.45) is 0 Å². The zero-order chi connectivity index (χ0) is 12.6. The second-order valence-electron chi connectivity index (χ2n) is 5.02. The molecule has 1 amide bonds. The van der Waals surface area contributed by atoms with Crippen LogP contribution in [0.4, 0.5) is 4.79 Å². The summed E-state index contributed by atoms with van der Waals surface area (Å²) in [5.41, 5.74) is -1.69. The van der Waals surface area contributed by atoms with Crippen molar-refractivity contribution in [2.45, 2.75) is 50.9 Å². The molecule has 6 heteroatoms. The number of nitrogens with one attached hydrogen (secondary N) is 1. The van der Waals surface area contributed by atoms with Gasteiger partial charge in [-0.3, -0.25) is 0 Å². The number of ether oxygens (including phenoxy) is 1. The molecule has 1 fully saturated rings. The number of carboxylic acids is 1. The van der Waals surface area contributed by atoms with E-state index in [1.54, 1.807) is 20.8 Å². The number of carbonyl (C=O) groups excluding carboxylic acids is 1. The molecule has 3 N–H and O–H groups in total. The minimum Gasteiger partial charge on any atom is -0.479 e. The third-order valence-electron chi connectivity index (χ3n) is 2.30. The molecular formula is C10H17NO5. The first-order valence-electron chi connectivity index (χ1n) is 5.08. The second-order valence-corrected chi connectivity index (χ2v) is 5.02. The number of hydrogen-bond donors (Lipinski definition) is 3. The molecule has 0 aromatic carbocycles. The molecule has 1 aliphatic rings. The second kappa shape index (κ2) is 3.93. The van der Waals surface area contributed by atoms with Gasteiger partial charge in [-0.25, -0.2) is 9.59 Å². The lowest BCUT2D eigenvalue weighted by molar-refractivity contribution is -0.148. The molecular weight excluding hydrogens is 214 g/mol. The van der Waals surface area contributed by atoms with Gasteiger partial charge in [0.25, 0.3) is 0 Å². The van der Waals surface area contributed by atoms with Crippen LogP contribution in [0.2, 0.25) is 0 Å². The summed E-state index contributed by atoms with van der Waals surface area (Å²) in [6.45, 7) is 5.12. The van der Waals surface area contributed by atoms with Crippen LogP contribution in [0, 0.1) is 0 Å². The Morgan fingerprint density at radius 1 is 1.38 bits per heavy atom. The summed E-state index contributed by atoms with van der Waals surface area (Å²) in [5, 5.41) is 20.5. The van der Waals surface area contributed by atoms with Crippen LogP contribution in [0.1, 0.15) is 33.6 Å². The zero-order valence-corrected chi connectivity index (χ0v) is 9.61. The van der Waals surface area contributed by atoms with Crippen LogP contribution in [0.3, 0.4) is 0 Å². The molecule has 1 saturated carbocycles. The molecule has 0 saturated heterocycles. The van der Waals surface area contributed by atoms with Crippen molar-refractivity contribution < 1.29 is 24.5 Å². The maximum absolute atomic E-state index is 11.4. The number of carbonyl (C=O) groups is 2. The summed E-state index contributed by atoms with van der Waals surface area (Å²) in [7, 11) is 0. The van der Waals surface area contributed by atoms with Gasteiger partial charge in [0.2, 0.25) is 0 Å². The fourth-order valence-corrected chi connectivity index (χ4v) is 1.34. The number of carboxylic acid groups (broad SMARTS) is 1. The Bertz CT molecular complexity index is 303. The number of rotatable bonds is 3. The average Bonchev–Trinajstić information content (AvgIpc) is 2.80. The number of alkyl carbamates (subject to hydrolysis) is 1. The fraction of sp³-hybridized carbons (Fsp3) is 0.800. The van der Waals surface area contributed by atoms with E-state index in [9.17, 15) is 14.7 Å². The van der Waals surface area contributed by atoms with Gasteiger partial charge in [-0.1, -0.05) is 0 Å². The molecule has 0 aromatic heterocycles. The van der Waals surface area contributed by atoms with E-state index >= 15 is 0 Å². The Kier molecular flexibility index (Phi) is 3.14. The van der Waals surface area contributed by atoms with Crippen LogP contribution >= 0.6 is 0 Å². The van der Waals surface area contributed by atoms with E-state index in [1.165, 1.54) is 0 Å². The molecule has 92 valence electrons. The molecule has 0 radical (unpaired) electrons. The molecule has 1 rings (SSSR count). The molecule has 1 unspecified atom stereocenters. The molecule has 16 heavy (non-hydrogen) atoms. The monoisotopic (exact) mass is 231 g/mol. The van der Waals surface area contributed by atoms with Crippen LogP contribution in [0.25, 0.3) is 0 Å². The average molecular weight is 231 g/mol. The van der Waals surface area contributed by atoms with E-state index in [0.29, 0.717) is 12.8 Å². The van der Waals surface area contributed by atoms with Crippen LogP contribution in [0.15, 0.2) is 0 Å². The lowest BCUT2D eigenvalue weighted by Crippen LogP contribution is -2.50. The SMILES string of the molecule is CC(C)(C)OC(=O)NC1(C(O)C(=O)O)CC1. The van der Waals surface area contributed by atoms with Crippen molar-refractivity contribution in [1.82, 2.24) is 5.32 Å². The predicted molar refractivity (Wildman–Crippen MR) is 55.0 cm³/mol. The Morgan fingerprint density at radius 3 is 2.19 bits per heavy atom. The number of aliphatic carboxylic acids is 1. The quantitative estimate of drug-likeness (QED) is 0.657. The molecule has 0 aliphatic heterocycles. The molecule has 0 aromatic rings. The highest BCUT2D eigenvalue weighted by molar-refractivity contribution is 5.77. The summed E-state index contributed by atoms with van der Waals surface area (Å²) < 4.78 is 4.99. The van der Waals surface area contributed by atoms with Gasteiger partial charge in [0.15, 0.2) is 6.10 Å². The Morgan fingerprint density at radius 2 is 1.88 bits per heavy atom.